The van der Waals surface area contributed by atoms with Crippen LogP contribution in [-0.2, 0) is 14.3 Å². The number of carbonyl (C=O) groups is 2. The average molecular weight is 197 g/mol. The van der Waals surface area contributed by atoms with E-state index in [0.717, 1.165) is 0 Å². The van der Waals surface area contributed by atoms with Crippen molar-refractivity contribution in [1.29, 1.82) is 0 Å². The van der Waals surface area contributed by atoms with Crippen molar-refractivity contribution < 1.29 is 14.3 Å². The highest BCUT2D eigenvalue weighted by molar-refractivity contribution is 5.85. The SMILES string of the molecule is COC(=O)[C@@H](C)NC(=O)CN.Cl. The number of hydrogen-bond donors (Lipinski definition) is 2. The van der Waals surface area contributed by atoms with Crippen molar-refractivity contribution in [3.63, 3.8) is 0 Å². The average Bonchev–Trinajstić information content (AvgIpc) is 2.02. The van der Waals surface area contributed by atoms with Gasteiger partial charge in [-0.25, -0.2) is 4.79 Å². The molecule has 1 amide bonds. The largest absolute Gasteiger partial charge is 0.467 e. The fourth-order valence-corrected chi connectivity index (χ4v) is 0.536. The molecule has 1 atom stereocenters. The molecular formula is C6H13ClN2O3. The molecule has 0 unspecified atom stereocenters. The number of esters is 1. The monoisotopic (exact) mass is 196 g/mol. The Labute approximate surface area is 77.0 Å². The van der Waals surface area contributed by atoms with Crippen LogP contribution in [0.3, 0.4) is 0 Å². The molecule has 0 heterocycles. The van der Waals surface area contributed by atoms with E-state index in [2.05, 4.69) is 10.1 Å². The summed E-state index contributed by atoms with van der Waals surface area (Å²) in [4.78, 5) is 21.3. The van der Waals surface area contributed by atoms with Crippen molar-refractivity contribution in [3.8, 4) is 0 Å². The number of carbonyl (C=O) groups excluding carboxylic acids is 2. The van der Waals surface area contributed by atoms with Gasteiger partial charge < -0.3 is 15.8 Å². The quantitative estimate of drug-likeness (QED) is 0.570. The maximum absolute atomic E-state index is 10.7. The number of nitrogens with two attached hydrogens (primary N) is 1. The van der Waals surface area contributed by atoms with Crippen LogP contribution in [0.15, 0.2) is 0 Å². The number of rotatable bonds is 3. The van der Waals surface area contributed by atoms with Crippen LogP contribution < -0.4 is 11.1 Å². The minimum absolute atomic E-state index is 0. The van der Waals surface area contributed by atoms with Crippen molar-refractivity contribution >= 4 is 24.3 Å². The highest BCUT2D eigenvalue weighted by Gasteiger charge is 2.13. The zero-order valence-corrected chi connectivity index (χ0v) is 7.81. The first kappa shape index (κ1) is 13.8. The summed E-state index contributed by atoms with van der Waals surface area (Å²) in [6.07, 6.45) is 0. The van der Waals surface area contributed by atoms with Gasteiger partial charge in [-0.05, 0) is 6.92 Å². The molecule has 0 aliphatic rings. The fourth-order valence-electron chi connectivity index (χ4n) is 0.536. The number of amides is 1. The molecule has 0 rings (SSSR count). The molecule has 6 heteroatoms. The van der Waals surface area contributed by atoms with Crippen LogP contribution in [0.2, 0.25) is 0 Å². The maximum Gasteiger partial charge on any atom is 0.328 e. The van der Waals surface area contributed by atoms with Gasteiger partial charge in [0.15, 0.2) is 0 Å². The third-order valence-corrected chi connectivity index (χ3v) is 1.12. The summed E-state index contributed by atoms with van der Waals surface area (Å²) >= 11 is 0. The second kappa shape index (κ2) is 6.87. The predicted molar refractivity (Wildman–Crippen MR) is 45.9 cm³/mol. The van der Waals surface area contributed by atoms with Gasteiger partial charge in [-0.15, -0.1) is 12.4 Å². The van der Waals surface area contributed by atoms with Gasteiger partial charge in [0.25, 0.3) is 0 Å². The van der Waals surface area contributed by atoms with Crippen LogP contribution in [0.4, 0.5) is 0 Å². The zero-order valence-electron chi connectivity index (χ0n) is 6.99. The first-order valence-electron chi connectivity index (χ1n) is 3.19. The molecule has 0 fully saturated rings. The number of hydrogen-bond acceptors (Lipinski definition) is 4. The smallest absolute Gasteiger partial charge is 0.328 e. The van der Waals surface area contributed by atoms with Crippen LogP contribution in [0.1, 0.15) is 6.92 Å². The molecule has 0 spiro atoms. The van der Waals surface area contributed by atoms with Crippen LogP contribution in [-0.4, -0.2) is 31.6 Å². The Morgan fingerprint density at radius 2 is 2.08 bits per heavy atom. The summed E-state index contributed by atoms with van der Waals surface area (Å²) < 4.78 is 4.36. The van der Waals surface area contributed by atoms with E-state index in [0.29, 0.717) is 0 Å². The van der Waals surface area contributed by atoms with E-state index in [9.17, 15) is 9.59 Å². The van der Waals surface area contributed by atoms with Gasteiger partial charge in [-0.2, -0.15) is 0 Å². The molecule has 0 saturated carbocycles. The lowest BCUT2D eigenvalue weighted by molar-refractivity contribution is -0.144. The molecular weight excluding hydrogens is 184 g/mol. The Hall–Kier alpha value is -0.810. The van der Waals surface area contributed by atoms with Crippen molar-refractivity contribution in [2.45, 2.75) is 13.0 Å². The predicted octanol–water partition coefficient (Wildman–Crippen LogP) is -0.955. The van der Waals surface area contributed by atoms with Crippen LogP contribution in [0.25, 0.3) is 0 Å². The van der Waals surface area contributed by atoms with Crippen molar-refractivity contribution in [1.82, 2.24) is 5.32 Å². The summed E-state index contributed by atoms with van der Waals surface area (Å²) in [5, 5.41) is 2.34. The highest BCUT2D eigenvalue weighted by atomic mass is 35.5. The highest BCUT2D eigenvalue weighted by Crippen LogP contribution is 1.84. The molecule has 0 radical (unpaired) electrons. The van der Waals surface area contributed by atoms with Crippen molar-refractivity contribution in [2.24, 2.45) is 5.73 Å². The molecule has 12 heavy (non-hydrogen) atoms. The molecule has 72 valence electrons. The molecule has 0 aliphatic carbocycles. The standard InChI is InChI=1S/C6H12N2O3.ClH/c1-4(6(10)11-2)8-5(9)3-7;/h4H,3,7H2,1-2H3,(H,8,9);1H/t4-;/m1./s1. The number of ether oxygens (including phenoxy) is 1. The summed E-state index contributed by atoms with van der Waals surface area (Å²) in [5.41, 5.74) is 5.00. The molecule has 0 aromatic carbocycles. The summed E-state index contributed by atoms with van der Waals surface area (Å²) in [6.45, 7) is 1.40. The van der Waals surface area contributed by atoms with Crippen molar-refractivity contribution in [3.05, 3.63) is 0 Å². The second-order valence-electron chi connectivity index (χ2n) is 2.02. The number of halogens is 1. The third kappa shape index (κ3) is 4.92. The van der Waals surface area contributed by atoms with Gasteiger partial charge in [0.1, 0.15) is 6.04 Å². The number of nitrogens with one attached hydrogen (secondary N) is 1. The normalized spacial score (nSPS) is 10.9. The van der Waals surface area contributed by atoms with Gasteiger partial charge in [-0.3, -0.25) is 4.79 Å². The van der Waals surface area contributed by atoms with Crippen LogP contribution >= 0.6 is 12.4 Å². The Bertz CT molecular complexity index is 163. The Kier molecular flexibility index (Phi) is 7.88. The van der Waals surface area contributed by atoms with E-state index in [1.165, 1.54) is 14.0 Å². The fraction of sp³-hybridized carbons (Fsp3) is 0.667. The molecule has 0 bridgehead atoms. The molecule has 0 aromatic rings. The summed E-state index contributed by atoms with van der Waals surface area (Å²) in [7, 11) is 1.26. The summed E-state index contributed by atoms with van der Waals surface area (Å²) in [5.74, 6) is -0.852. The van der Waals surface area contributed by atoms with Crippen LogP contribution in [0.5, 0.6) is 0 Å². The topological polar surface area (TPSA) is 81.4 Å². The van der Waals surface area contributed by atoms with Gasteiger partial charge >= 0.3 is 5.97 Å². The Balaban J connectivity index is 0. The molecule has 0 saturated heterocycles. The van der Waals surface area contributed by atoms with Crippen molar-refractivity contribution in [2.75, 3.05) is 13.7 Å². The van der Waals surface area contributed by atoms with Gasteiger partial charge in [0.2, 0.25) is 5.91 Å². The lowest BCUT2D eigenvalue weighted by Crippen LogP contribution is -2.42. The first-order valence-corrected chi connectivity index (χ1v) is 3.19. The molecule has 3 N–H and O–H groups in total. The van der Waals surface area contributed by atoms with E-state index >= 15 is 0 Å². The minimum Gasteiger partial charge on any atom is -0.467 e. The third-order valence-electron chi connectivity index (χ3n) is 1.12. The molecule has 0 aromatic heterocycles. The Morgan fingerprint density at radius 1 is 1.58 bits per heavy atom. The van der Waals surface area contributed by atoms with E-state index in [1.807, 2.05) is 0 Å². The second-order valence-corrected chi connectivity index (χ2v) is 2.02. The molecule has 0 aliphatic heterocycles. The zero-order chi connectivity index (χ0) is 8.85. The van der Waals surface area contributed by atoms with E-state index in [1.54, 1.807) is 0 Å². The van der Waals surface area contributed by atoms with E-state index < -0.39 is 12.0 Å². The lowest BCUT2D eigenvalue weighted by atomic mass is 10.3. The van der Waals surface area contributed by atoms with Gasteiger partial charge in [-0.1, -0.05) is 0 Å². The minimum atomic E-state index is -0.629. The van der Waals surface area contributed by atoms with E-state index in [4.69, 9.17) is 5.73 Å². The lowest BCUT2D eigenvalue weighted by Gasteiger charge is -2.09. The summed E-state index contributed by atoms with van der Waals surface area (Å²) in [6, 6.07) is -0.629. The van der Waals surface area contributed by atoms with Gasteiger partial charge in [0, 0.05) is 0 Å². The van der Waals surface area contributed by atoms with E-state index in [-0.39, 0.29) is 24.9 Å². The maximum atomic E-state index is 10.7. The first-order chi connectivity index (χ1) is 5.11. The Morgan fingerprint density at radius 3 is 2.42 bits per heavy atom. The number of methoxy groups -OCH3 is 1. The van der Waals surface area contributed by atoms with Crippen LogP contribution in [0, 0.1) is 0 Å². The van der Waals surface area contributed by atoms with Gasteiger partial charge in [0.05, 0.1) is 13.7 Å². The molecule has 5 nitrogen and oxygen atoms in total.